The van der Waals surface area contributed by atoms with Gasteiger partial charge in [-0.15, -0.1) is 0 Å². The summed E-state index contributed by atoms with van der Waals surface area (Å²) in [6.45, 7) is 11.2. The molecule has 0 aliphatic carbocycles. The van der Waals surface area contributed by atoms with Crippen LogP contribution in [0.4, 0.5) is 11.5 Å². The molecule has 1 amide bonds. The number of nitrogens with zero attached hydrogens (tertiary/aromatic N) is 4. The van der Waals surface area contributed by atoms with Crippen LogP contribution in [0.15, 0.2) is 55.0 Å². The molecule has 0 spiro atoms. The highest BCUT2D eigenvalue weighted by Gasteiger charge is 2.31. The van der Waals surface area contributed by atoms with E-state index < -0.39 is 6.04 Å². The summed E-state index contributed by atoms with van der Waals surface area (Å²) in [5.74, 6) is 1.42. The first kappa shape index (κ1) is 29.1. The van der Waals surface area contributed by atoms with E-state index in [0.717, 1.165) is 75.0 Å². The summed E-state index contributed by atoms with van der Waals surface area (Å²) in [5.41, 5.74) is 6.21. The molecular formula is C32H43N7O2. The molecule has 0 saturated carbocycles. The number of ether oxygens (including phenoxy) is 1. The summed E-state index contributed by atoms with van der Waals surface area (Å²) in [6.07, 6.45) is 5.57. The molecule has 1 aromatic carbocycles. The zero-order valence-electron chi connectivity index (χ0n) is 24.7. The molecule has 5 rings (SSSR count). The Balaban J connectivity index is 1.35. The zero-order valence-corrected chi connectivity index (χ0v) is 24.7. The molecule has 2 aliphatic heterocycles. The van der Waals surface area contributed by atoms with Gasteiger partial charge in [0.2, 0.25) is 5.91 Å². The summed E-state index contributed by atoms with van der Waals surface area (Å²) in [5, 5.41) is 9.95. The highest BCUT2D eigenvalue weighted by atomic mass is 16.5. The van der Waals surface area contributed by atoms with E-state index in [0.29, 0.717) is 17.5 Å². The number of carbonyl (C=O) groups is 1. The van der Waals surface area contributed by atoms with Crippen molar-refractivity contribution in [2.45, 2.75) is 32.4 Å². The van der Waals surface area contributed by atoms with Gasteiger partial charge in [0, 0.05) is 50.7 Å². The molecule has 2 aromatic heterocycles. The lowest BCUT2D eigenvalue weighted by Crippen LogP contribution is -2.35. The van der Waals surface area contributed by atoms with Crippen LogP contribution in [-0.4, -0.2) is 85.7 Å². The van der Waals surface area contributed by atoms with Gasteiger partial charge in [-0.05, 0) is 79.0 Å². The predicted molar refractivity (Wildman–Crippen MR) is 164 cm³/mol. The second-order valence-corrected chi connectivity index (χ2v) is 11.6. The largest absolute Gasteiger partial charge is 0.379 e. The number of anilines is 2. The molecule has 4 heterocycles. The molecule has 218 valence electrons. The molecule has 1 fully saturated rings. The van der Waals surface area contributed by atoms with Gasteiger partial charge in [-0.3, -0.25) is 14.7 Å². The Kier molecular flexibility index (Phi) is 9.61. The summed E-state index contributed by atoms with van der Waals surface area (Å²) in [6, 6.07) is 12.1. The smallest absolute Gasteiger partial charge is 0.246 e. The van der Waals surface area contributed by atoms with E-state index in [-0.39, 0.29) is 5.91 Å². The van der Waals surface area contributed by atoms with Crippen LogP contribution in [0, 0.1) is 5.92 Å². The maximum absolute atomic E-state index is 13.7. The van der Waals surface area contributed by atoms with Crippen LogP contribution in [-0.2, 0) is 16.1 Å². The van der Waals surface area contributed by atoms with Gasteiger partial charge in [0.05, 0.1) is 25.1 Å². The van der Waals surface area contributed by atoms with Crippen molar-refractivity contribution >= 4 is 17.4 Å². The lowest BCUT2D eigenvalue weighted by molar-refractivity contribution is -0.118. The summed E-state index contributed by atoms with van der Waals surface area (Å²) in [4.78, 5) is 27.3. The maximum atomic E-state index is 13.7. The monoisotopic (exact) mass is 557 g/mol. The highest BCUT2D eigenvalue weighted by Crippen LogP contribution is 2.36. The molecule has 0 radical (unpaired) electrons. The number of hydrogen-bond donors (Lipinski definition) is 3. The van der Waals surface area contributed by atoms with E-state index in [4.69, 9.17) is 4.74 Å². The maximum Gasteiger partial charge on any atom is 0.246 e. The first-order chi connectivity index (χ1) is 19.9. The Hall–Kier alpha value is -3.37. The van der Waals surface area contributed by atoms with Crippen LogP contribution in [0.1, 0.15) is 42.5 Å². The number of hydrogen-bond acceptors (Lipinski definition) is 8. The average molecular weight is 558 g/mol. The van der Waals surface area contributed by atoms with E-state index in [9.17, 15) is 4.79 Å². The molecule has 3 N–H and O–H groups in total. The number of amides is 1. The Morgan fingerprint density at radius 2 is 1.88 bits per heavy atom. The zero-order chi connectivity index (χ0) is 28.8. The van der Waals surface area contributed by atoms with Gasteiger partial charge < -0.3 is 25.6 Å². The minimum Gasteiger partial charge on any atom is -0.379 e. The van der Waals surface area contributed by atoms with Crippen LogP contribution >= 0.6 is 0 Å². The number of rotatable bonds is 9. The Morgan fingerprint density at radius 3 is 2.63 bits per heavy atom. The first-order valence-electron chi connectivity index (χ1n) is 14.6. The van der Waals surface area contributed by atoms with Gasteiger partial charge in [0.25, 0.3) is 0 Å². The number of likely N-dealkylation sites (N-methyl/N-ethyl adjacent to an activating group) is 1. The van der Waals surface area contributed by atoms with Gasteiger partial charge >= 0.3 is 0 Å². The number of morpholine rings is 1. The van der Waals surface area contributed by atoms with Crippen molar-refractivity contribution in [2.24, 2.45) is 5.92 Å². The lowest BCUT2D eigenvalue weighted by atomic mass is 9.85. The van der Waals surface area contributed by atoms with Gasteiger partial charge in [0.1, 0.15) is 11.9 Å². The van der Waals surface area contributed by atoms with Crippen LogP contribution in [0.3, 0.4) is 0 Å². The van der Waals surface area contributed by atoms with E-state index in [2.05, 4.69) is 73.8 Å². The van der Waals surface area contributed by atoms with E-state index >= 15 is 0 Å². The van der Waals surface area contributed by atoms with Crippen LogP contribution in [0.5, 0.6) is 0 Å². The molecule has 2 aliphatic rings. The van der Waals surface area contributed by atoms with Crippen molar-refractivity contribution in [3.8, 4) is 11.1 Å². The highest BCUT2D eigenvalue weighted by molar-refractivity contribution is 5.96. The Morgan fingerprint density at radius 1 is 1.05 bits per heavy atom. The van der Waals surface area contributed by atoms with E-state index in [1.807, 2.05) is 38.6 Å². The molecule has 1 saturated heterocycles. The summed E-state index contributed by atoms with van der Waals surface area (Å²) < 4.78 is 5.50. The predicted octanol–water partition coefficient (Wildman–Crippen LogP) is 3.97. The van der Waals surface area contributed by atoms with Gasteiger partial charge in [-0.2, -0.15) is 0 Å². The number of pyridine rings is 2. The van der Waals surface area contributed by atoms with E-state index in [1.54, 1.807) is 6.20 Å². The molecular weight excluding hydrogens is 514 g/mol. The number of fused-ring (bicyclic) bond motifs is 1. The van der Waals surface area contributed by atoms with Gasteiger partial charge in [0.15, 0.2) is 0 Å². The van der Waals surface area contributed by atoms with Gasteiger partial charge in [-0.25, -0.2) is 4.98 Å². The average Bonchev–Trinajstić information content (AvgIpc) is 3.10. The molecule has 3 unspecified atom stereocenters. The SMILES string of the molecule is CC1CNC(C(=O)Nc2ccc(NCCN(C)C)nc2)c2cc(-c3cncc(CN4CCOCC4)c3)ccc2C1C. The van der Waals surface area contributed by atoms with Crippen LogP contribution in [0.2, 0.25) is 0 Å². The quantitative estimate of drug-likeness (QED) is 0.364. The fourth-order valence-electron chi connectivity index (χ4n) is 5.49. The number of benzene rings is 1. The third-order valence-electron chi connectivity index (χ3n) is 8.18. The molecule has 9 heteroatoms. The molecule has 41 heavy (non-hydrogen) atoms. The third-order valence-corrected chi connectivity index (χ3v) is 8.18. The molecule has 9 nitrogen and oxygen atoms in total. The summed E-state index contributed by atoms with van der Waals surface area (Å²) in [7, 11) is 4.08. The van der Waals surface area contributed by atoms with Crippen molar-refractivity contribution in [1.82, 2.24) is 25.1 Å². The Bertz CT molecular complexity index is 1310. The lowest BCUT2D eigenvalue weighted by Gasteiger charge is -2.26. The molecule has 3 aromatic rings. The number of aromatic nitrogens is 2. The first-order valence-corrected chi connectivity index (χ1v) is 14.6. The van der Waals surface area contributed by atoms with E-state index in [1.165, 1.54) is 11.1 Å². The Labute approximate surface area is 243 Å². The number of nitrogens with one attached hydrogen (secondary N) is 3. The second-order valence-electron chi connectivity index (χ2n) is 11.6. The van der Waals surface area contributed by atoms with Crippen LogP contribution in [0.25, 0.3) is 11.1 Å². The fourth-order valence-corrected chi connectivity index (χ4v) is 5.49. The van der Waals surface area contributed by atoms with Crippen molar-refractivity contribution in [1.29, 1.82) is 0 Å². The topological polar surface area (TPSA) is 94.7 Å². The number of carbonyl (C=O) groups excluding carboxylic acids is 1. The second kappa shape index (κ2) is 13.5. The standard InChI is InChI=1S/C32H43N7O2/c1-22-17-36-31(32(40)37-27-6-8-30(35-20-27)34-9-10-38(3)4)29-16-25(5-7-28(29)23(22)2)26-15-24(18-33-19-26)21-39-11-13-41-14-12-39/h5-8,15-16,18-20,22-23,31,36H,9-14,17,21H2,1-4H3,(H,34,35)(H,37,40). The van der Waals surface area contributed by atoms with Crippen LogP contribution < -0.4 is 16.0 Å². The fraction of sp³-hybridized carbons (Fsp3) is 0.469. The minimum atomic E-state index is -0.472. The van der Waals surface area contributed by atoms with Gasteiger partial charge in [-0.1, -0.05) is 26.0 Å². The van der Waals surface area contributed by atoms with Crippen molar-refractivity contribution < 1.29 is 9.53 Å². The third kappa shape index (κ3) is 7.48. The van der Waals surface area contributed by atoms with Crippen molar-refractivity contribution in [3.05, 3.63) is 71.7 Å². The molecule has 3 atom stereocenters. The molecule has 0 bridgehead atoms. The summed E-state index contributed by atoms with van der Waals surface area (Å²) >= 11 is 0. The normalized spacial score (nSPS) is 21.2. The minimum absolute atomic E-state index is 0.0842. The van der Waals surface area contributed by atoms with Crippen molar-refractivity contribution in [3.63, 3.8) is 0 Å². The van der Waals surface area contributed by atoms with Crippen molar-refractivity contribution in [2.75, 3.05) is 70.7 Å².